The number of methoxy groups -OCH3 is 1. The maximum Gasteiger partial charge on any atom is 0.407 e. The summed E-state index contributed by atoms with van der Waals surface area (Å²) in [6, 6.07) is 13.4. The number of rotatable bonds is 7. The third-order valence-corrected chi connectivity index (χ3v) is 4.23. The first-order valence-electron chi connectivity index (χ1n) is 8.68. The van der Waals surface area contributed by atoms with E-state index in [0.717, 1.165) is 11.1 Å². The van der Waals surface area contributed by atoms with Crippen LogP contribution in [0, 0.1) is 0 Å². The SMILES string of the molecule is COC(=O)NC(Cc1ccc2c(c1)OCO2)C(O)C(=O)OCc1ccccc1. The third kappa shape index (κ3) is 4.92. The van der Waals surface area contributed by atoms with Crippen molar-refractivity contribution < 1.29 is 33.6 Å². The van der Waals surface area contributed by atoms with Gasteiger partial charge in [0.05, 0.1) is 13.2 Å². The maximum atomic E-state index is 12.3. The molecule has 1 aliphatic rings. The predicted molar refractivity (Wildman–Crippen MR) is 97.8 cm³/mol. The van der Waals surface area contributed by atoms with Crippen LogP contribution in [0.5, 0.6) is 11.5 Å². The number of carbonyl (C=O) groups is 2. The highest BCUT2D eigenvalue weighted by atomic mass is 16.7. The monoisotopic (exact) mass is 387 g/mol. The van der Waals surface area contributed by atoms with Crippen molar-refractivity contribution in [1.29, 1.82) is 0 Å². The number of esters is 1. The van der Waals surface area contributed by atoms with Gasteiger partial charge in [0, 0.05) is 0 Å². The van der Waals surface area contributed by atoms with E-state index in [1.807, 2.05) is 18.2 Å². The molecule has 1 amide bonds. The minimum Gasteiger partial charge on any atom is -0.459 e. The van der Waals surface area contributed by atoms with Gasteiger partial charge in [-0.15, -0.1) is 0 Å². The number of benzene rings is 2. The van der Waals surface area contributed by atoms with Crippen molar-refractivity contribution >= 4 is 12.1 Å². The zero-order valence-electron chi connectivity index (χ0n) is 15.3. The quantitative estimate of drug-likeness (QED) is 0.698. The Labute approximate surface area is 162 Å². The van der Waals surface area contributed by atoms with Gasteiger partial charge in [-0.25, -0.2) is 9.59 Å². The lowest BCUT2D eigenvalue weighted by Gasteiger charge is -2.22. The Kier molecular flexibility index (Phi) is 6.33. The van der Waals surface area contributed by atoms with Crippen molar-refractivity contribution in [2.75, 3.05) is 13.9 Å². The van der Waals surface area contributed by atoms with Crippen LogP contribution in [-0.2, 0) is 27.3 Å². The topological polar surface area (TPSA) is 103 Å². The first-order chi connectivity index (χ1) is 13.6. The summed E-state index contributed by atoms with van der Waals surface area (Å²) < 4.78 is 20.4. The highest BCUT2D eigenvalue weighted by Gasteiger charge is 2.30. The molecule has 8 nitrogen and oxygen atoms in total. The molecule has 2 aromatic carbocycles. The van der Waals surface area contributed by atoms with Crippen LogP contribution < -0.4 is 14.8 Å². The fraction of sp³-hybridized carbons (Fsp3) is 0.300. The summed E-state index contributed by atoms with van der Waals surface area (Å²) in [7, 11) is 1.20. The largest absolute Gasteiger partial charge is 0.459 e. The van der Waals surface area contributed by atoms with Crippen LogP contribution >= 0.6 is 0 Å². The van der Waals surface area contributed by atoms with Crippen molar-refractivity contribution in [3.05, 3.63) is 59.7 Å². The predicted octanol–water partition coefficient (Wildman–Crippen LogP) is 1.79. The molecular formula is C20H21NO7. The van der Waals surface area contributed by atoms with Gasteiger partial charge in [0.25, 0.3) is 0 Å². The summed E-state index contributed by atoms with van der Waals surface area (Å²) in [6.45, 7) is 0.156. The van der Waals surface area contributed by atoms with Gasteiger partial charge in [-0.2, -0.15) is 0 Å². The van der Waals surface area contributed by atoms with E-state index in [-0.39, 0.29) is 19.8 Å². The zero-order chi connectivity index (χ0) is 19.9. The molecule has 0 aromatic heterocycles. The standard InChI is InChI=1S/C20H21NO7/c1-25-20(24)21-15(9-14-7-8-16-17(10-14)28-12-27-16)18(22)19(23)26-11-13-5-3-2-4-6-13/h2-8,10,15,18,22H,9,11-12H2,1H3,(H,21,24). The van der Waals surface area contributed by atoms with E-state index in [1.165, 1.54) is 7.11 Å². The Morgan fingerprint density at radius 2 is 1.86 bits per heavy atom. The second kappa shape index (κ2) is 9.09. The molecule has 0 saturated heterocycles. The van der Waals surface area contributed by atoms with Crippen molar-refractivity contribution in [3.8, 4) is 11.5 Å². The number of nitrogens with one attached hydrogen (secondary N) is 1. The minimum absolute atomic E-state index is 0.0195. The van der Waals surface area contributed by atoms with E-state index in [1.54, 1.807) is 30.3 Å². The molecule has 1 aliphatic heterocycles. The summed E-state index contributed by atoms with van der Waals surface area (Å²) in [5.74, 6) is 0.338. The molecule has 2 aromatic rings. The van der Waals surface area contributed by atoms with Gasteiger partial charge >= 0.3 is 12.1 Å². The number of aliphatic hydroxyl groups is 1. The zero-order valence-corrected chi connectivity index (χ0v) is 15.3. The summed E-state index contributed by atoms with van der Waals surface area (Å²) in [5, 5.41) is 12.9. The van der Waals surface area contributed by atoms with Crippen molar-refractivity contribution in [2.45, 2.75) is 25.2 Å². The summed E-state index contributed by atoms with van der Waals surface area (Å²) >= 11 is 0. The molecular weight excluding hydrogens is 366 g/mol. The van der Waals surface area contributed by atoms with Gasteiger partial charge in [-0.3, -0.25) is 0 Å². The molecule has 148 valence electrons. The van der Waals surface area contributed by atoms with Gasteiger partial charge in [0.1, 0.15) is 6.61 Å². The van der Waals surface area contributed by atoms with Crippen molar-refractivity contribution in [3.63, 3.8) is 0 Å². The summed E-state index contributed by atoms with van der Waals surface area (Å²) in [6.07, 6.45) is -2.18. The summed E-state index contributed by atoms with van der Waals surface area (Å²) in [5.41, 5.74) is 1.52. The molecule has 0 radical (unpaired) electrons. The third-order valence-electron chi connectivity index (χ3n) is 4.23. The fourth-order valence-electron chi connectivity index (χ4n) is 2.75. The van der Waals surface area contributed by atoms with Crippen molar-refractivity contribution in [1.82, 2.24) is 5.32 Å². The minimum atomic E-state index is -1.58. The van der Waals surface area contributed by atoms with Gasteiger partial charge < -0.3 is 29.4 Å². The van der Waals surface area contributed by atoms with Crippen LogP contribution in [0.1, 0.15) is 11.1 Å². The molecule has 0 aliphatic carbocycles. The van der Waals surface area contributed by atoms with Crippen molar-refractivity contribution in [2.24, 2.45) is 0 Å². The number of carbonyl (C=O) groups excluding carboxylic acids is 2. The number of amides is 1. The lowest BCUT2D eigenvalue weighted by atomic mass is 10.0. The lowest BCUT2D eigenvalue weighted by molar-refractivity contribution is -0.156. The first-order valence-corrected chi connectivity index (χ1v) is 8.68. The van der Waals surface area contributed by atoms with E-state index in [0.29, 0.717) is 11.5 Å². The summed E-state index contributed by atoms with van der Waals surface area (Å²) in [4.78, 5) is 24.0. The maximum absolute atomic E-state index is 12.3. The molecule has 2 N–H and O–H groups in total. The van der Waals surface area contributed by atoms with Crippen LogP contribution in [0.25, 0.3) is 0 Å². The first kappa shape index (κ1) is 19.5. The molecule has 0 bridgehead atoms. The van der Waals surface area contributed by atoms with E-state index in [4.69, 9.17) is 14.2 Å². The Bertz CT molecular complexity index is 825. The van der Waals surface area contributed by atoms with Gasteiger partial charge in [0.15, 0.2) is 17.6 Å². The molecule has 2 unspecified atom stereocenters. The fourth-order valence-corrected chi connectivity index (χ4v) is 2.75. The molecule has 3 rings (SSSR count). The second-order valence-electron chi connectivity index (χ2n) is 6.17. The lowest BCUT2D eigenvalue weighted by Crippen LogP contribution is -2.48. The van der Waals surface area contributed by atoms with E-state index < -0.39 is 24.2 Å². The number of fused-ring (bicyclic) bond motifs is 1. The normalized spacial score (nSPS) is 14.1. The molecule has 8 heteroatoms. The highest BCUT2D eigenvalue weighted by molar-refractivity contribution is 5.77. The Morgan fingerprint density at radius 3 is 2.61 bits per heavy atom. The number of hydrogen-bond acceptors (Lipinski definition) is 7. The van der Waals surface area contributed by atoms with E-state index >= 15 is 0 Å². The Balaban J connectivity index is 1.67. The molecule has 2 atom stereocenters. The number of ether oxygens (including phenoxy) is 4. The van der Waals surface area contributed by atoms with Crippen LogP contribution in [0.4, 0.5) is 4.79 Å². The molecule has 0 spiro atoms. The average Bonchev–Trinajstić information content (AvgIpc) is 3.19. The average molecular weight is 387 g/mol. The Morgan fingerprint density at radius 1 is 1.11 bits per heavy atom. The molecule has 0 saturated carbocycles. The highest BCUT2D eigenvalue weighted by Crippen LogP contribution is 2.32. The van der Waals surface area contributed by atoms with Crippen LogP contribution in [-0.4, -0.2) is 43.2 Å². The van der Waals surface area contributed by atoms with Gasteiger partial charge in [-0.05, 0) is 29.7 Å². The Hall–Kier alpha value is -3.26. The molecule has 0 fully saturated rings. The van der Waals surface area contributed by atoms with Crippen LogP contribution in [0.15, 0.2) is 48.5 Å². The molecule has 1 heterocycles. The van der Waals surface area contributed by atoms with Crippen LogP contribution in [0.2, 0.25) is 0 Å². The smallest absolute Gasteiger partial charge is 0.407 e. The second-order valence-corrected chi connectivity index (χ2v) is 6.17. The van der Waals surface area contributed by atoms with Crippen LogP contribution in [0.3, 0.4) is 0 Å². The van der Waals surface area contributed by atoms with E-state index in [2.05, 4.69) is 10.1 Å². The van der Waals surface area contributed by atoms with Gasteiger partial charge in [0.2, 0.25) is 6.79 Å². The number of aliphatic hydroxyl groups excluding tert-OH is 1. The van der Waals surface area contributed by atoms with E-state index in [9.17, 15) is 14.7 Å². The number of alkyl carbamates (subject to hydrolysis) is 1. The number of hydrogen-bond donors (Lipinski definition) is 2. The molecule has 28 heavy (non-hydrogen) atoms. The van der Waals surface area contributed by atoms with Gasteiger partial charge in [-0.1, -0.05) is 36.4 Å².